The van der Waals surface area contributed by atoms with Crippen LogP contribution in [-0.2, 0) is 6.54 Å². The molecule has 1 rings (SSSR count). The van der Waals surface area contributed by atoms with Crippen molar-refractivity contribution >= 4 is 0 Å². The van der Waals surface area contributed by atoms with Crippen molar-refractivity contribution < 1.29 is 19.7 Å². The van der Waals surface area contributed by atoms with Gasteiger partial charge in [0.1, 0.15) is 0 Å². The summed E-state index contributed by atoms with van der Waals surface area (Å²) in [4.78, 5) is 0. The zero-order chi connectivity index (χ0) is 14.4. The van der Waals surface area contributed by atoms with Gasteiger partial charge >= 0.3 is 0 Å². The summed E-state index contributed by atoms with van der Waals surface area (Å²) >= 11 is 0. The highest BCUT2D eigenvalue weighted by Gasteiger charge is 2.14. The third kappa shape index (κ3) is 4.01. The molecule has 0 aliphatic carbocycles. The third-order valence-corrected chi connectivity index (χ3v) is 3.11. The Morgan fingerprint density at radius 3 is 2.05 bits per heavy atom. The molecule has 1 aromatic carbocycles. The normalized spacial score (nSPS) is 12.5. The number of hydrogen-bond donors (Lipinski definition) is 3. The lowest BCUT2D eigenvalue weighted by molar-refractivity contribution is 0.210. The van der Waals surface area contributed by atoms with Gasteiger partial charge in [-0.2, -0.15) is 0 Å². The molecule has 5 nitrogen and oxygen atoms in total. The van der Waals surface area contributed by atoms with E-state index in [0.717, 1.165) is 5.56 Å². The first-order valence-corrected chi connectivity index (χ1v) is 6.31. The molecule has 0 radical (unpaired) electrons. The van der Waals surface area contributed by atoms with Crippen molar-refractivity contribution in [3.63, 3.8) is 0 Å². The molecule has 1 aromatic rings. The maximum atomic E-state index is 9.81. The largest absolute Gasteiger partial charge is 0.502 e. The van der Waals surface area contributed by atoms with Crippen LogP contribution in [0.5, 0.6) is 17.2 Å². The quantitative estimate of drug-likeness (QED) is 0.700. The van der Waals surface area contributed by atoms with Crippen molar-refractivity contribution in [3.8, 4) is 17.2 Å². The predicted molar refractivity (Wildman–Crippen MR) is 73.8 cm³/mol. The van der Waals surface area contributed by atoms with Crippen molar-refractivity contribution in [2.24, 2.45) is 5.92 Å². The number of ether oxygens (including phenoxy) is 2. The summed E-state index contributed by atoms with van der Waals surface area (Å²) in [6, 6.07) is 3.53. The van der Waals surface area contributed by atoms with Crippen LogP contribution in [0.15, 0.2) is 12.1 Å². The summed E-state index contributed by atoms with van der Waals surface area (Å²) in [5, 5.41) is 22.3. The molecule has 1 atom stereocenters. The van der Waals surface area contributed by atoms with E-state index in [-0.39, 0.29) is 18.4 Å². The number of aliphatic hydroxyl groups is 1. The van der Waals surface area contributed by atoms with Crippen LogP contribution in [0.4, 0.5) is 0 Å². The van der Waals surface area contributed by atoms with E-state index < -0.39 is 0 Å². The molecule has 0 aromatic heterocycles. The second kappa shape index (κ2) is 7.21. The van der Waals surface area contributed by atoms with Crippen LogP contribution in [0.2, 0.25) is 0 Å². The van der Waals surface area contributed by atoms with Crippen LogP contribution < -0.4 is 14.8 Å². The van der Waals surface area contributed by atoms with E-state index in [1.165, 1.54) is 14.2 Å². The zero-order valence-electron chi connectivity index (χ0n) is 11.9. The van der Waals surface area contributed by atoms with Crippen molar-refractivity contribution in [2.75, 3.05) is 20.8 Å². The van der Waals surface area contributed by atoms with Gasteiger partial charge in [0.25, 0.3) is 0 Å². The maximum absolute atomic E-state index is 9.81. The number of aliphatic hydroxyl groups excluding tert-OH is 1. The molecule has 0 amide bonds. The Bertz CT molecular complexity index is 381. The minimum atomic E-state index is -0.00341. The minimum absolute atomic E-state index is 0.00341. The number of hydrogen-bond acceptors (Lipinski definition) is 5. The van der Waals surface area contributed by atoms with Crippen LogP contribution in [0.1, 0.15) is 19.4 Å². The Balaban J connectivity index is 2.84. The minimum Gasteiger partial charge on any atom is -0.502 e. The van der Waals surface area contributed by atoms with Gasteiger partial charge in [0.05, 0.1) is 20.8 Å². The number of phenolic OH excluding ortho intramolecular Hbond substituents is 1. The van der Waals surface area contributed by atoms with Crippen LogP contribution in [0.3, 0.4) is 0 Å². The van der Waals surface area contributed by atoms with Gasteiger partial charge in [-0.3, -0.25) is 0 Å². The van der Waals surface area contributed by atoms with Gasteiger partial charge in [0.2, 0.25) is 5.75 Å². The molecule has 0 aliphatic rings. The molecule has 3 N–H and O–H groups in total. The van der Waals surface area contributed by atoms with Crippen molar-refractivity contribution in [2.45, 2.75) is 26.4 Å². The van der Waals surface area contributed by atoms with E-state index in [9.17, 15) is 10.2 Å². The second-order valence-electron chi connectivity index (χ2n) is 4.76. The number of rotatable bonds is 7. The van der Waals surface area contributed by atoms with Crippen molar-refractivity contribution in [1.82, 2.24) is 5.32 Å². The Kier molecular flexibility index (Phi) is 5.92. The molecular weight excluding hydrogens is 246 g/mol. The number of methoxy groups -OCH3 is 2. The van der Waals surface area contributed by atoms with Crippen molar-refractivity contribution in [3.05, 3.63) is 17.7 Å². The standard InChI is InChI=1S/C14H23NO4/c1-9(2)11(8-16)15-7-10-5-12(18-3)14(17)13(6-10)19-4/h5-6,9,11,15-17H,7-8H2,1-4H3. The molecule has 0 saturated carbocycles. The van der Waals surface area contributed by atoms with Crippen molar-refractivity contribution in [1.29, 1.82) is 0 Å². The average molecular weight is 269 g/mol. The lowest BCUT2D eigenvalue weighted by atomic mass is 10.0. The van der Waals surface area contributed by atoms with Gasteiger partial charge in [0.15, 0.2) is 11.5 Å². The highest BCUT2D eigenvalue weighted by molar-refractivity contribution is 5.52. The van der Waals surface area contributed by atoms with E-state index in [0.29, 0.717) is 24.0 Å². The molecule has 1 unspecified atom stereocenters. The van der Waals surface area contributed by atoms with E-state index >= 15 is 0 Å². The number of phenols is 1. The van der Waals surface area contributed by atoms with Gasteiger partial charge < -0.3 is 25.0 Å². The first kappa shape index (κ1) is 15.6. The fourth-order valence-corrected chi connectivity index (χ4v) is 1.81. The molecule has 5 heteroatoms. The summed E-state index contributed by atoms with van der Waals surface area (Å²) in [5.74, 6) is 1.09. The van der Waals surface area contributed by atoms with E-state index in [1.54, 1.807) is 12.1 Å². The average Bonchev–Trinajstić information content (AvgIpc) is 2.40. The van der Waals surface area contributed by atoms with Gasteiger partial charge in [-0.15, -0.1) is 0 Å². The number of benzene rings is 1. The zero-order valence-corrected chi connectivity index (χ0v) is 11.9. The topological polar surface area (TPSA) is 71.0 Å². The monoisotopic (exact) mass is 269 g/mol. The third-order valence-electron chi connectivity index (χ3n) is 3.11. The molecule has 19 heavy (non-hydrogen) atoms. The molecule has 0 spiro atoms. The Labute approximate surface area is 114 Å². The Morgan fingerprint density at radius 1 is 1.16 bits per heavy atom. The fourth-order valence-electron chi connectivity index (χ4n) is 1.81. The van der Waals surface area contributed by atoms with E-state index in [1.807, 2.05) is 13.8 Å². The summed E-state index contributed by atoms with van der Waals surface area (Å²) in [5.41, 5.74) is 0.922. The molecule has 0 fully saturated rings. The Morgan fingerprint density at radius 2 is 1.68 bits per heavy atom. The molecular formula is C14H23NO4. The van der Waals surface area contributed by atoms with E-state index in [4.69, 9.17) is 9.47 Å². The summed E-state index contributed by atoms with van der Waals surface area (Å²) < 4.78 is 10.2. The van der Waals surface area contributed by atoms with E-state index in [2.05, 4.69) is 5.32 Å². The Hall–Kier alpha value is -1.46. The molecule has 0 aliphatic heterocycles. The van der Waals surface area contributed by atoms with Gasteiger partial charge in [-0.1, -0.05) is 13.8 Å². The summed E-state index contributed by atoms with van der Waals surface area (Å²) in [6.07, 6.45) is 0. The SMILES string of the molecule is COc1cc(CNC(CO)C(C)C)cc(OC)c1O. The molecule has 108 valence electrons. The van der Waals surface area contributed by atoms with Gasteiger partial charge in [-0.05, 0) is 23.6 Å². The highest BCUT2D eigenvalue weighted by atomic mass is 16.5. The lowest BCUT2D eigenvalue weighted by Gasteiger charge is -2.20. The molecule has 0 bridgehead atoms. The first-order chi connectivity index (χ1) is 9.03. The predicted octanol–water partition coefficient (Wildman–Crippen LogP) is 1.52. The maximum Gasteiger partial charge on any atom is 0.200 e. The molecule has 0 heterocycles. The molecule has 0 saturated heterocycles. The van der Waals surface area contributed by atoms with Crippen LogP contribution in [-0.4, -0.2) is 37.1 Å². The first-order valence-electron chi connectivity index (χ1n) is 6.31. The van der Waals surface area contributed by atoms with Gasteiger partial charge in [0, 0.05) is 12.6 Å². The highest BCUT2D eigenvalue weighted by Crippen LogP contribution is 2.37. The number of nitrogens with one attached hydrogen (secondary N) is 1. The fraction of sp³-hybridized carbons (Fsp3) is 0.571. The van der Waals surface area contributed by atoms with Gasteiger partial charge in [-0.25, -0.2) is 0 Å². The second-order valence-corrected chi connectivity index (χ2v) is 4.76. The van der Waals surface area contributed by atoms with Crippen LogP contribution in [0, 0.1) is 5.92 Å². The number of aromatic hydroxyl groups is 1. The smallest absolute Gasteiger partial charge is 0.200 e. The summed E-state index contributed by atoms with van der Waals surface area (Å²) in [7, 11) is 2.99. The van der Waals surface area contributed by atoms with Crippen LogP contribution in [0.25, 0.3) is 0 Å². The summed E-state index contributed by atoms with van der Waals surface area (Å²) in [6.45, 7) is 4.75. The van der Waals surface area contributed by atoms with Crippen LogP contribution >= 0.6 is 0 Å². The lowest BCUT2D eigenvalue weighted by Crippen LogP contribution is -2.36.